The van der Waals surface area contributed by atoms with E-state index in [-0.39, 0.29) is 0 Å². The van der Waals surface area contributed by atoms with Crippen molar-refractivity contribution in [2.45, 2.75) is 58.4 Å². The summed E-state index contributed by atoms with van der Waals surface area (Å²) < 4.78 is 0. The fraction of sp³-hybridized carbons (Fsp3) is 1.00. The second-order valence-electron chi connectivity index (χ2n) is 4.66. The first-order valence-corrected chi connectivity index (χ1v) is 7.85. The Kier molecular flexibility index (Phi) is 7.54. The zero-order valence-electron chi connectivity index (χ0n) is 10.4. The summed E-state index contributed by atoms with van der Waals surface area (Å²) in [6.45, 7) is 5.65. The molecule has 2 unspecified atom stereocenters. The van der Waals surface area contributed by atoms with E-state index in [1.165, 1.54) is 50.0 Å². The van der Waals surface area contributed by atoms with E-state index < -0.39 is 0 Å². The summed E-state index contributed by atoms with van der Waals surface area (Å²) in [7, 11) is 0. The topological polar surface area (TPSA) is 12.0 Å². The normalized spacial score (nSPS) is 26.0. The van der Waals surface area contributed by atoms with Crippen LogP contribution in [-0.2, 0) is 0 Å². The second kappa shape index (κ2) is 8.46. The Bertz CT molecular complexity index is 149. The molecular weight excluding hydrogens is 202 g/mol. The molecule has 1 rings (SSSR count). The van der Waals surface area contributed by atoms with E-state index in [0.29, 0.717) is 0 Å². The van der Waals surface area contributed by atoms with Gasteiger partial charge in [0, 0.05) is 11.8 Å². The van der Waals surface area contributed by atoms with Crippen LogP contribution in [0.4, 0.5) is 0 Å². The minimum Gasteiger partial charge on any atom is -0.313 e. The van der Waals surface area contributed by atoms with E-state index in [2.05, 4.69) is 30.9 Å². The summed E-state index contributed by atoms with van der Waals surface area (Å²) in [5, 5.41) is 3.63. The third-order valence-electron chi connectivity index (χ3n) is 3.34. The van der Waals surface area contributed by atoms with Gasteiger partial charge in [-0.3, -0.25) is 0 Å². The maximum atomic E-state index is 3.63. The van der Waals surface area contributed by atoms with Gasteiger partial charge in [-0.2, -0.15) is 11.8 Å². The highest BCUT2D eigenvalue weighted by molar-refractivity contribution is 7.99. The molecule has 2 atom stereocenters. The van der Waals surface area contributed by atoms with Crippen LogP contribution in [-0.4, -0.2) is 24.1 Å². The summed E-state index contributed by atoms with van der Waals surface area (Å²) in [5.74, 6) is 3.69. The van der Waals surface area contributed by atoms with Crippen molar-refractivity contribution in [1.29, 1.82) is 0 Å². The SMILES string of the molecule is CCCCCCCC1CSCC1NCC. The fourth-order valence-electron chi connectivity index (χ4n) is 2.38. The number of hydrogen-bond donors (Lipinski definition) is 1. The molecule has 1 fully saturated rings. The van der Waals surface area contributed by atoms with Crippen LogP contribution in [0.25, 0.3) is 0 Å². The molecule has 0 aromatic heterocycles. The van der Waals surface area contributed by atoms with Crippen LogP contribution in [0.2, 0.25) is 0 Å². The van der Waals surface area contributed by atoms with Gasteiger partial charge in [-0.15, -0.1) is 0 Å². The predicted octanol–water partition coefficient (Wildman–Crippen LogP) is 3.69. The molecule has 90 valence electrons. The molecule has 0 aliphatic carbocycles. The minimum atomic E-state index is 0.811. The van der Waals surface area contributed by atoms with Gasteiger partial charge in [0.05, 0.1) is 0 Å². The fourth-order valence-corrected chi connectivity index (χ4v) is 3.86. The molecular formula is C13H27NS. The van der Waals surface area contributed by atoms with Crippen molar-refractivity contribution < 1.29 is 0 Å². The van der Waals surface area contributed by atoms with Crippen LogP contribution in [0.3, 0.4) is 0 Å². The summed E-state index contributed by atoms with van der Waals surface area (Å²) in [4.78, 5) is 0. The van der Waals surface area contributed by atoms with Gasteiger partial charge < -0.3 is 5.32 Å². The van der Waals surface area contributed by atoms with Crippen LogP contribution < -0.4 is 5.32 Å². The Hall–Kier alpha value is 0.310. The van der Waals surface area contributed by atoms with Gasteiger partial charge in [0.1, 0.15) is 0 Å². The van der Waals surface area contributed by atoms with Gasteiger partial charge in [-0.05, 0) is 24.6 Å². The standard InChI is InChI=1S/C13H27NS/c1-3-5-6-7-8-9-12-10-15-11-13(12)14-4-2/h12-14H,3-11H2,1-2H3. The lowest BCUT2D eigenvalue weighted by Crippen LogP contribution is -2.35. The largest absolute Gasteiger partial charge is 0.313 e. The molecule has 0 amide bonds. The second-order valence-corrected chi connectivity index (χ2v) is 5.74. The molecule has 0 spiro atoms. The summed E-state index contributed by atoms with van der Waals surface area (Å²) in [6.07, 6.45) is 8.59. The van der Waals surface area contributed by atoms with Crippen molar-refractivity contribution >= 4 is 11.8 Å². The molecule has 0 aromatic carbocycles. The first-order valence-electron chi connectivity index (χ1n) is 6.69. The van der Waals surface area contributed by atoms with E-state index in [1.54, 1.807) is 0 Å². The molecule has 1 heterocycles. The highest BCUT2D eigenvalue weighted by Gasteiger charge is 2.25. The maximum absolute atomic E-state index is 3.63. The molecule has 0 radical (unpaired) electrons. The third-order valence-corrected chi connectivity index (χ3v) is 4.60. The smallest absolute Gasteiger partial charge is 0.0194 e. The van der Waals surface area contributed by atoms with E-state index in [4.69, 9.17) is 0 Å². The highest BCUT2D eigenvalue weighted by Crippen LogP contribution is 2.28. The zero-order valence-corrected chi connectivity index (χ0v) is 11.2. The number of nitrogens with one attached hydrogen (secondary N) is 1. The van der Waals surface area contributed by atoms with E-state index in [9.17, 15) is 0 Å². The predicted molar refractivity (Wildman–Crippen MR) is 71.7 cm³/mol. The first-order chi connectivity index (χ1) is 7.38. The Morgan fingerprint density at radius 3 is 2.60 bits per heavy atom. The zero-order chi connectivity index (χ0) is 10.9. The molecule has 0 aromatic rings. The van der Waals surface area contributed by atoms with E-state index >= 15 is 0 Å². The molecule has 0 saturated carbocycles. The molecule has 1 nitrogen and oxygen atoms in total. The Morgan fingerprint density at radius 2 is 1.87 bits per heavy atom. The maximum Gasteiger partial charge on any atom is 0.0194 e. The molecule has 2 heteroatoms. The van der Waals surface area contributed by atoms with Crippen LogP contribution >= 0.6 is 11.8 Å². The van der Waals surface area contributed by atoms with Gasteiger partial charge in [0.25, 0.3) is 0 Å². The van der Waals surface area contributed by atoms with Gasteiger partial charge in [-0.25, -0.2) is 0 Å². The van der Waals surface area contributed by atoms with Crippen LogP contribution in [0, 0.1) is 5.92 Å². The van der Waals surface area contributed by atoms with Crippen LogP contribution in [0.5, 0.6) is 0 Å². The number of thioether (sulfide) groups is 1. The van der Waals surface area contributed by atoms with Crippen molar-refractivity contribution in [1.82, 2.24) is 5.32 Å². The van der Waals surface area contributed by atoms with Crippen molar-refractivity contribution in [3.8, 4) is 0 Å². The Balaban J connectivity index is 2.03. The average Bonchev–Trinajstić information content (AvgIpc) is 2.66. The summed E-state index contributed by atoms with van der Waals surface area (Å²) >= 11 is 2.14. The lowest BCUT2D eigenvalue weighted by Gasteiger charge is -2.19. The van der Waals surface area contributed by atoms with Crippen molar-refractivity contribution in [3.05, 3.63) is 0 Å². The molecule has 0 bridgehead atoms. The third kappa shape index (κ3) is 5.26. The van der Waals surface area contributed by atoms with Gasteiger partial charge >= 0.3 is 0 Å². The van der Waals surface area contributed by atoms with E-state index in [0.717, 1.165) is 18.5 Å². The summed E-state index contributed by atoms with van der Waals surface area (Å²) in [6, 6.07) is 0.811. The first kappa shape index (κ1) is 13.4. The highest BCUT2D eigenvalue weighted by atomic mass is 32.2. The lowest BCUT2D eigenvalue weighted by molar-refractivity contribution is 0.395. The summed E-state index contributed by atoms with van der Waals surface area (Å²) in [5.41, 5.74) is 0. The molecule has 1 saturated heterocycles. The Labute approximate surface area is 99.8 Å². The van der Waals surface area contributed by atoms with Crippen molar-refractivity contribution in [3.63, 3.8) is 0 Å². The van der Waals surface area contributed by atoms with Gasteiger partial charge in [0.2, 0.25) is 0 Å². The van der Waals surface area contributed by atoms with Crippen LogP contribution in [0.15, 0.2) is 0 Å². The van der Waals surface area contributed by atoms with Gasteiger partial charge in [-0.1, -0.05) is 46.0 Å². The van der Waals surface area contributed by atoms with E-state index in [1.807, 2.05) is 0 Å². The lowest BCUT2D eigenvalue weighted by atomic mass is 9.96. The molecule has 1 N–H and O–H groups in total. The Morgan fingerprint density at radius 1 is 1.07 bits per heavy atom. The average molecular weight is 229 g/mol. The van der Waals surface area contributed by atoms with Crippen molar-refractivity contribution in [2.75, 3.05) is 18.1 Å². The number of hydrogen-bond acceptors (Lipinski definition) is 2. The van der Waals surface area contributed by atoms with Crippen LogP contribution in [0.1, 0.15) is 52.4 Å². The van der Waals surface area contributed by atoms with Gasteiger partial charge in [0.15, 0.2) is 0 Å². The molecule has 1 aliphatic heterocycles. The monoisotopic (exact) mass is 229 g/mol. The molecule has 15 heavy (non-hydrogen) atoms. The number of rotatable bonds is 8. The minimum absolute atomic E-state index is 0.811. The number of unbranched alkanes of at least 4 members (excludes halogenated alkanes) is 4. The van der Waals surface area contributed by atoms with Crippen molar-refractivity contribution in [2.24, 2.45) is 5.92 Å². The quantitative estimate of drug-likeness (QED) is 0.637. The molecule has 1 aliphatic rings.